The third-order valence-corrected chi connectivity index (χ3v) is 1.89. The number of amides is 1. The van der Waals surface area contributed by atoms with Crippen molar-refractivity contribution in [1.82, 2.24) is 5.32 Å². The van der Waals surface area contributed by atoms with Gasteiger partial charge in [0, 0.05) is 13.0 Å². The first-order chi connectivity index (χ1) is 8.16. The van der Waals surface area contributed by atoms with Crippen LogP contribution in [0.25, 0.3) is 0 Å². The fourth-order valence-corrected chi connectivity index (χ4v) is 1.12. The average molecular weight is 241 g/mol. The Morgan fingerprint density at radius 1 is 1.24 bits per heavy atom. The van der Waals surface area contributed by atoms with Gasteiger partial charge < -0.3 is 14.8 Å². The molecule has 0 aromatic carbocycles. The van der Waals surface area contributed by atoms with Gasteiger partial charge in [-0.3, -0.25) is 4.79 Å². The lowest BCUT2D eigenvalue weighted by Crippen LogP contribution is -2.28. The van der Waals surface area contributed by atoms with E-state index >= 15 is 0 Å². The van der Waals surface area contributed by atoms with E-state index < -0.39 is 0 Å². The van der Waals surface area contributed by atoms with Crippen molar-refractivity contribution in [1.29, 1.82) is 0 Å². The Morgan fingerprint density at radius 3 is 2.59 bits per heavy atom. The van der Waals surface area contributed by atoms with Gasteiger partial charge in [0.2, 0.25) is 5.91 Å². The molecule has 0 bridgehead atoms. The summed E-state index contributed by atoms with van der Waals surface area (Å²) in [7, 11) is 0. The van der Waals surface area contributed by atoms with Gasteiger partial charge in [-0.1, -0.05) is 19.8 Å². The molecule has 17 heavy (non-hydrogen) atoms. The van der Waals surface area contributed by atoms with E-state index in [0.717, 1.165) is 0 Å². The summed E-state index contributed by atoms with van der Waals surface area (Å²) in [5, 5.41) is 2.80. The summed E-state index contributed by atoms with van der Waals surface area (Å²) in [5.74, 6) is 6.02. The SMILES string of the molecule is CC#CCOCCOCCNC(=O)CC(C)C. The molecule has 0 unspecified atom stereocenters. The summed E-state index contributed by atoms with van der Waals surface area (Å²) in [6.45, 7) is 8.41. The molecule has 0 fully saturated rings. The highest BCUT2D eigenvalue weighted by atomic mass is 16.5. The summed E-state index contributed by atoms with van der Waals surface area (Å²) in [6.07, 6.45) is 0.568. The van der Waals surface area contributed by atoms with Gasteiger partial charge in [0.05, 0.1) is 19.8 Å². The van der Waals surface area contributed by atoms with Crippen molar-refractivity contribution in [3.05, 3.63) is 0 Å². The van der Waals surface area contributed by atoms with Crippen molar-refractivity contribution in [2.24, 2.45) is 5.92 Å². The molecule has 0 aromatic heterocycles. The smallest absolute Gasteiger partial charge is 0.220 e. The molecule has 98 valence electrons. The van der Waals surface area contributed by atoms with Gasteiger partial charge in [0.15, 0.2) is 0 Å². The van der Waals surface area contributed by atoms with Crippen molar-refractivity contribution in [2.75, 3.05) is 33.0 Å². The molecule has 1 amide bonds. The Kier molecular flexibility index (Phi) is 10.7. The molecule has 0 saturated carbocycles. The minimum absolute atomic E-state index is 0.0815. The third-order valence-electron chi connectivity index (χ3n) is 1.89. The molecule has 0 aliphatic heterocycles. The highest BCUT2D eigenvalue weighted by Gasteiger charge is 2.02. The fourth-order valence-electron chi connectivity index (χ4n) is 1.12. The maximum absolute atomic E-state index is 11.3. The predicted molar refractivity (Wildman–Crippen MR) is 67.6 cm³/mol. The molecule has 4 heteroatoms. The number of carbonyl (C=O) groups is 1. The summed E-state index contributed by atoms with van der Waals surface area (Å²) in [6, 6.07) is 0. The lowest BCUT2D eigenvalue weighted by atomic mass is 10.1. The van der Waals surface area contributed by atoms with Crippen LogP contribution in [0.1, 0.15) is 27.2 Å². The number of rotatable bonds is 9. The first-order valence-electron chi connectivity index (χ1n) is 5.98. The zero-order valence-electron chi connectivity index (χ0n) is 11.0. The van der Waals surface area contributed by atoms with Crippen molar-refractivity contribution >= 4 is 5.91 Å². The van der Waals surface area contributed by atoms with Gasteiger partial charge in [-0.25, -0.2) is 0 Å². The van der Waals surface area contributed by atoms with Crippen molar-refractivity contribution in [2.45, 2.75) is 27.2 Å². The fraction of sp³-hybridized carbons (Fsp3) is 0.769. The summed E-state index contributed by atoms with van der Waals surface area (Å²) >= 11 is 0. The Balaban J connectivity index is 3.17. The second-order valence-electron chi connectivity index (χ2n) is 4.04. The monoisotopic (exact) mass is 241 g/mol. The number of nitrogens with one attached hydrogen (secondary N) is 1. The van der Waals surface area contributed by atoms with Gasteiger partial charge in [-0.15, -0.1) is 5.92 Å². The molecule has 0 heterocycles. The van der Waals surface area contributed by atoms with Crippen molar-refractivity contribution in [3.8, 4) is 11.8 Å². The van der Waals surface area contributed by atoms with E-state index in [1.165, 1.54) is 0 Å². The topological polar surface area (TPSA) is 47.6 Å². The van der Waals surface area contributed by atoms with Gasteiger partial charge in [-0.2, -0.15) is 0 Å². The van der Waals surface area contributed by atoms with Crippen LogP contribution in [0.15, 0.2) is 0 Å². The molecule has 0 aliphatic rings. The van der Waals surface area contributed by atoms with E-state index in [2.05, 4.69) is 17.2 Å². The highest BCUT2D eigenvalue weighted by Crippen LogP contribution is 1.97. The number of ether oxygens (including phenoxy) is 2. The summed E-state index contributed by atoms with van der Waals surface area (Å²) in [4.78, 5) is 11.3. The van der Waals surface area contributed by atoms with Crippen LogP contribution in [-0.4, -0.2) is 38.9 Å². The molecule has 0 aromatic rings. The Labute approximate surface area is 104 Å². The quantitative estimate of drug-likeness (QED) is 0.487. The standard InChI is InChI=1S/C13H23NO3/c1-4-5-7-16-9-10-17-8-6-14-13(15)11-12(2)3/h12H,6-11H2,1-3H3,(H,14,15). The van der Waals surface area contributed by atoms with Crippen LogP contribution in [0.2, 0.25) is 0 Å². The van der Waals surface area contributed by atoms with Gasteiger partial charge >= 0.3 is 0 Å². The van der Waals surface area contributed by atoms with Gasteiger partial charge in [0.1, 0.15) is 6.61 Å². The van der Waals surface area contributed by atoms with Crippen molar-refractivity contribution < 1.29 is 14.3 Å². The van der Waals surface area contributed by atoms with Crippen LogP contribution < -0.4 is 5.32 Å². The lowest BCUT2D eigenvalue weighted by Gasteiger charge is -2.07. The molecule has 0 spiro atoms. The lowest BCUT2D eigenvalue weighted by molar-refractivity contribution is -0.122. The van der Waals surface area contributed by atoms with E-state index in [0.29, 0.717) is 45.3 Å². The van der Waals surface area contributed by atoms with Gasteiger partial charge in [-0.05, 0) is 12.8 Å². The number of hydrogen-bond acceptors (Lipinski definition) is 3. The first kappa shape index (κ1) is 16.0. The Morgan fingerprint density at radius 2 is 1.94 bits per heavy atom. The second kappa shape index (κ2) is 11.4. The molecule has 0 atom stereocenters. The van der Waals surface area contributed by atoms with E-state index in [9.17, 15) is 4.79 Å². The zero-order valence-corrected chi connectivity index (χ0v) is 11.0. The zero-order chi connectivity index (χ0) is 12.9. The maximum Gasteiger partial charge on any atom is 0.220 e. The highest BCUT2D eigenvalue weighted by molar-refractivity contribution is 5.75. The number of hydrogen-bond donors (Lipinski definition) is 1. The van der Waals surface area contributed by atoms with Crippen LogP contribution in [0, 0.1) is 17.8 Å². The van der Waals surface area contributed by atoms with Crippen molar-refractivity contribution in [3.63, 3.8) is 0 Å². The second-order valence-corrected chi connectivity index (χ2v) is 4.04. The van der Waals surface area contributed by atoms with Crippen LogP contribution in [0.5, 0.6) is 0 Å². The first-order valence-corrected chi connectivity index (χ1v) is 5.98. The Hall–Kier alpha value is -1.05. The maximum atomic E-state index is 11.3. The van der Waals surface area contributed by atoms with E-state index in [1.807, 2.05) is 13.8 Å². The normalized spacial score (nSPS) is 9.88. The minimum Gasteiger partial charge on any atom is -0.377 e. The molecule has 0 saturated heterocycles. The van der Waals surface area contributed by atoms with Crippen LogP contribution in [0.4, 0.5) is 0 Å². The molecular formula is C13H23NO3. The molecule has 4 nitrogen and oxygen atoms in total. The largest absolute Gasteiger partial charge is 0.377 e. The molecule has 0 aliphatic carbocycles. The van der Waals surface area contributed by atoms with Crippen LogP contribution >= 0.6 is 0 Å². The van der Waals surface area contributed by atoms with Crippen LogP contribution in [0.3, 0.4) is 0 Å². The minimum atomic E-state index is 0.0815. The third kappa shape index (κ3) is 12.9. The molecule has 1 N–H and O–H groups in total. The molecule has 0 rings (SSSR count). The summed E-state index contributed by atoms with van der Waals surface area (Å²) in [5.41, 5.74) is 0. The van der Waals surface area contributed by atoms with Gasteiger partial charge in [0.25, 0.3) is 0 Å². The number of carbonyl (C=O) groups excluding carboxylic acids is 1. The molecule has 0 radical (unpaired) electrons. The predicted octanol–water partition coefficient (Wildman–Crippen LogP) is 1.21. The Bertz CT molecular complexity index is 253. The van der Waals surface area contributed by atoms with E-state index in [1.54, 1.807) is 6.92 Å². The van der Waals surface area contributed by atoms with Crippen LogP contribution in [-0.2, 0) is 14.3 Å². The average Bonchev–Trinajstić information content (AvgIpc) is 2.26. The van der Waals surface area contributed by atoms with E-state index in [4.69, 9.17) is 9.47 Å². The summed E-state index contributed by atoms with van der Waals surface area (Å²) < 4.78 is 10.4. The van der Waals surface area contributed by atoms with E-state index in [-0.39, 0.29) is 5.91 Å². The molecular weight excluding hydrogens is 218 g/mol.